The number of carbonyl (C=O) groups is 5. The van der Waals surface area contributed by atoms with Gasteiger partial charge >= 0.3 is 18.0 Å². The molecular weight excluding hydrogens is 728 g/mol. The smallest absolute Gasteiger partial charge is 0.408 e. The number of amides is 3. The summed E-state index contributed by atoms with van der Waals surface area (Å²) >= 11 is 3.50. The van der Waals surface area contributed by atoms with E-state index in [0.29, 0.717) is 27.5 Å². The first-order valence-corrected chi connectivity index (χ1v) is 17.7. The van der Waals surface area contributed by atoms with Crippen molar-refractivity contribution in [2.24, 2.45) is 11.3 Å². The third kappa shape index (κ3) is 7.77. The summed E-state index contributed by atoms with van der Waals surface area (Å²) in [5.41, 5.74) is -1.76. The third-order valence-corrected chi connectivity index (χ3v) is 10.5. The largest absolute Gasteiger partial charge is 0.495 e. The first-order chi connectivity index (χ1) is 24.2. The molecule has 3 amide bonds. The van der Waals surface area contributed by atoms with Gasteiger partial charge in [-0.1, -0.05) is 26.8 Å². The van der Waals surface area contributed by atoms with Gasteiger partial charge in [0.1, 0.15) is 41.3 Å². The molecule has 5 atom stereocenters. The Labute approximate surface area is 305 Å². The van der Waals surface area contributed by atoms with E-state index in [1.807, 2.05) is 0 Å². The number of aromatic nitrogens is 1. The van der Waals surface area contributed by atoms with Crippen molar-refractivity contribution in [2.45, 2.75) is 89.1 Å². The number of carbonyl (C=O) groups excluding carboxylic acids is 5. The number of halogens is 1. The van der Waals surface area contributed by atoms with Gasteiger partial charge in [0.05, 0.1) is 37.9 Å². The summed E-state index contributed by atoms with van der Waals surface area (Å²) in [7, 11) is 3.98. The van der Waals surface area contributed by atoms with Crippen LogP contribution in [0.3, 0.4) is 0 Å². The predicted octanol–water partition coefficient (Wildman–Crippen LogP) is 4.46. The number of hydrogen-bond acceptors (Lipinski definition) is 11. The second-order valence-corrected chi connectivity index (χ2v) is 15.0. The van der Waals surface area contributed by atoms with E-state index in [4.69, 9.17) is 23.7 Å². The third-order valence-electron chi connectivity index (χ3n) is 9.75. The minimum Gasteiger partial charge on any atom is -0.495 e. The summed E-state index contributed by atoms with van der Waals surface area (Å²) in [5, 5.41) is 6.14. The van der Waals surface area contributed by atoms with Gasteiger partial charge in [-0.2, -0.15) is 0 Å². The molecule has 1 aliphatic heterocycles. The second kappa shape index (κ2) is 15.1. The molecule has 51 heavy (non-hydrogen) atoms. The molecule has 3 fully saturated rings. The highest BCUT2D eigenvalue weighted by molar-refractivity contribution is 9.10. The van der Waals surface area contributed by atoms with Gasteiger partial charge in [0.15, 0.2) is 5.69 Å². The minimum absolute atomic E-state index is 0.0195. The zero-order valence-electron chi connectivity index (χ0n) is 29.7. The van der Waals surface area contributed by atoms with E-state index in [1.165, 1.54) is 32.3 Å². The zero-order valence-corrected chi connectivity index (χ0v) is 31.3. The Bertz CT molecular complexity index is 1720. The van der Waals surface area contributed by atoms with Gasteiger partial charge < -0.3 is 39.2 Å². The monoisotopic (exact) mass is 772 g/mol. The van der Waals surface area contributed by atoms with Crippen LogP contribution >= 0.6 is 15.9 Å². The molecule has 1 saturated heterocycles. The van der Waals surface area contributed by atoms with Crippen molar-refractivity contribution >= 4 is 56.7 Å². The van der Waals surface area contributed by atoms with Gasteiger partial charge in [-0.15, -0.1) is 6.58 Å². The van der Waals surface area contributed by atoms with Crippen molar-refractivity contribution in [3.8, 4) is 11.5 Å². The summed E-state index contributed by atoms with van der Waals surface area (Å²) in [5.74, 6) is -2.05. The Kier molecular flexibility index (Phi) is 11.2. The molecule has 2 heterocycles. The highest BCUT2D eigenvalue weighted by Crippen LogP contribution is 2.46. The Morgan fingerprint density at radius 3 is 2.35 bits per heavy atom. The van der Waals surface area contributed by atoms with Crippen LogP contribution in [-0.2, 0) is 28.6 Å². The number of likely N-dealkylation sites (tertiary alicyclic amines) is 1. The Balaban J connectivity index is 1.49. The van der Waals surface area contributed by atoms with E-state index < -0.39 is 59.0 Å². The molecule has 5 rings (SSSR count). The standard InChI is InChI=1S/C36H45BrN4O10/c1-8-19-17-36(19,33(45)49-7)40-30(42)24-15-21(18-41(24)31(43)29(35(2,3)4)39-34(46)51-20-11-9-10-12-20)50-26-16-23(32(44)48-6)38-28-22(26)13-14-25(47-5)27(28)37/h8,13-14,16,19-21,24,29H,1,9-12,15,17-18H2,2-7H3,(H,39,46)(H,40,42)/t19-,21-,24?,29-,36-/m1/s1. The van der Waals surface area contributed by atoms with Crippen LogP contribution in [0.1, 0.15) is 69.8 Å². The average molecular weight is 774 g/mol. The van der Waals surface area contributed by atoms with Gasteiger partial charge in [-0.3, -0.25) is 9.59 Å². The number of alkyl carbamates (subject to hydrolysis) is 1. The van der Waals surface area contributed by atoms with Crippen LogP contribution in [0.4, 0.5) is 4.79 Å². The van der Waals surface area contributed by atoms with E-state index in [-0.39, 0.29) is 36.4 Å². The first-order valence-electron chi connectivity index (χ1n) is 16.9. The van der Waals surface area contributed by atoms with E-state index in [1.54, 1.807) is 39.0 Å². The lowest BCUT2D eigenvalue weighted by Crippen LogP contribution is -2.59. The van der Waals surface area contributed by atoms with Crippen LogP contribution in [0.25, 0.3) is 10.9 Å². The van der Waals surface area contributed by atoms with Crippen LogP contribution in [-0.4, -0.2) is 97.4 Å². The van der Waals surface area contributed by atoms with Crippen LogP contribution in [0.5, 0.6) is 11.5 Å². The number of rotatable bonds is 11. The number of fused-ring (bicyclic) bond motifs is 1. The fourth-order valence-electron chi connectivity index (χ4n) is 6.84. The van der Waals surface area contributed by atoms with Crippen molar-refractivity contribution in [3.05, 3.63) is 41.0 Å². The van der Waals surface area contributed by atoms with Crippen LogP contribution in [0.15, 0.2) is 35.3 Å². The van der Waals surface area contributed by atoms with E-state index in [0.717, 1.165) is 25.7 Å². The fourth-order valence-corrected chi connectivity index (χ4v) is 7.44. The number of methoxy groups -OCH3 is 3. The normalized spacial score (nSPS) is 23.6. The number of hydrogen-bond donors (Lipinski definition) is 2. The van der Waals surface area contributed by atoms with Crippen molar-refractivity contribution in [2.75, 3.05) is 27.9 Å². The average Bonchev–Trinajstić information content (AvgIpc) is 3.36. The van der Waals surface area contributed by atoms with Gasteiger partial charge in [0, 0.05) is 23.8 Å². The Morgan fingerprint density at radius 2 is 1.76 bits per heavy atom. The van der Waals surface area contributed by atoms with E-state index in [9.17, 15) is 24.0 Å². The molecule has 276 valence electrons. The zero-order chi connectivity index (χ0) is 37.2. The Morgan fingerprint density at radius 1 is 1.06 bits per heavy atom. The molecule has 1 aromatic heterocycles. The molecule has 0 spiro atoms. The molecule has 1 aromatic carbocycles. The number of nitrogens with one attached hydrogen (secondary N) is 2. The van der Waals surface area contributed by atoms with Crippen molar-refractivity contribution in [1.29, 1.82) is 0 Å². The number of nitrogens with zero attached hydrogens (tertiary/aromatic N) is 2. The predicted molar refractivity (Wildman–Crippen MR) is 188 cm³/mol. The topological polar surface area (TPSA) is 172 Å². The van der Waals surface area contributed by atoms with Crippen LogP contribution in [0.2, 0.25) is 0 Å². The van der Waals surface area contributed by atoms with Crippen molar-refractivity contribution < 1.29 is 47.7 Å². The molecule has 2 aliphatic carbocycles. The summed E-state index contributed by atoms with van der Waals surface area (Å²) in [6.07, 6.45) is 3.64. The van der Waals surface area contributed by atoms with Gasteiger partial charge in [0.25, 0.3) is 0 Å². The molecule has 3 aliphatic rings. The molecule has 1 unspecified atom stereocenters. The fraction of sp³-hybridized carbons (Fsp3) is 0.556. The maximum atomic E-state index is 14.5. The second-order valence-electron chi connectivity index (χ2n) is 14.2. The number of pyridine rings is 1. The van der Waals surface area contributed by atoms with Gasteiger partial charge in [-0.05, 0) is 65.6 Å². The first kappa shape index (κ1) is 37.8. The lowest BCUT2D eigenvalue weighted by atomic mass is 9.85. The number of esters is 2. The van der Waals surface area contributed by atoms with Gasteiger partial charge in [-0.25, -0.2) is 19.4 Å². The molecule has 2 aromatic rings. The molecule has 0 bridgehead atoms. The van der Waals surface area contributed by atoms with E-state index in [2.05, 4.69) is 38.1 Å². The maximum Gasteiger partial charge on any atom is 0.408 e. The highest BCUT2D eigenvalue weighted by atomic mass is 79.9. The molecule has 15 heteroatoms. The lowest BCUT2D eigenvalue weighted by molar-refractivity contribution is -0.148. The summed E-state index contributed by atoms with van der Waals surface area (Å²) in [6, 6.07) is 2.70. The minimum atomic E-state index is -1.31. The number of ether oxygens (including phenoxy) is 5. The lowest BCUT2D eigenvalue weighted by Gasteiger charge is -2.35. The van der Waals surface area contributed by atoms with Crippen molar-refractivity contribution in [3.63, 3.8) is 0 Å². The van der Waals surface area contributed by atoms with E-state index >= 15 is 0 Å². The molecule has 2 N–H and O–H groups in total. The van der Waals surface area contributed by atoms with Crippen molar-refractivity contribution in [1.82, 2.24) is 20.5 Å². The van der Waals surface area contributed by atoms with Crippen LogP contribution < -0.4 is 20.1 Å². The Hall–Kier alpha value is -4.40. The summed E-state index contributed by atoms with van der Waals surface area (Å²) < 4.78 is 28.0. The van der Waals surface area contributed by atoms with Gasteiger partial charge in [0.2, 0.25) is 11.8 Å². The molecule has 2 saturated carbocycles. The maximum absolute atomic E-state index is 14.5. The summed E-state index contributed by atoms with van der Waals surface area (Å²) in [6.45, 7) is 9.13. The molecule has 0 radical (unpaired) electrons. The molecule has 14 nitrogen and oxygen atoms in total. The SMILES string of the molecule is C=C[C@@H]1C[C@]1(NC(=O)C1C[C@@H](Oc2cc(C(=O)OC)nc3c(Br)c(OC)ccc23)CN1C(=O)[C@@H](NC(=O)OC1CCCC1)C(C)(C)C)C(=O)OC. The molecular formula is C36H45BrN4O10. The van der Waals surface area contributed by atoms with Crippen LogP contribution in [0, 0.1) is 11.3 Å². The quantitative estimate of drug-likeness (QED) is 0.188. The highest BCUT2D eigenvalue weighted by Gasteiger charge is 2.62. The number of benzene rings is 1. The summed E-state index contributed by atoms with van der Waals surface area (Å²) in [4.78, 5) is 73.0.